The van der Waals surface area contributed by atoms with Crippen LogP contribution in [0.2, 0.25) is 0 Å². The van der Waals surface area contributed by atoms with E-state index in [1.807, 2.05) is 12.1 Å². The first kappa shape index (κ1) is 23.9. The fourth-order valence-electron chi connectivity index (χ4n) is 4.76. The van der Waals surface area contributed by atoms with Crippen molar-refractivity contribution in [2.24, 2.45) is 0 Å². The molecule has 0 fully saturated rings. The minimum Gasteiger partial charge on any atom is -0.398 e. The molecular formula is C30H40N2. The maximum absolute atomic E-state index is 6.67. The predicted molar refractivity (Wildman–Crippen MR) is 142 cm³/mol. The minimum atomic E-state index is 0.0914. The third kappa shape index (κ3) is 4.28. The molecule has 170 valence electrons. The molecule has 0 heterocycles. The van der Waals surface area contributed by atoms with Gasteiger partial charge in [-0.1, -0.05) is 65.8 Å². The van der Waals surface area contributed by atoms with Crippen molar-refractivity contribution >= 4 is 11.4 Å². The SMILES string of the molecule is Cc1cc(C(C)(C)C)cc(C)c1-c1c(N)ccc(N)c1-c1c(C)cc(C(C)(C)C)cc1C. The Bertz CT molecular complexity index is 1040. The molecule has 3 aromatic rings. The van der Waals surface area contributed by atoms with Crippen LogP contribution in [0.5, 0.6) is 0 Å². The van der Waals surface area contributed by atoms with Crippen molar-refractivity contribution in [1.29, 1.82) is 0 Å². The van der Waals surface area contributed by atoms with Gasteiger partial charge in [0.05, 0.1) is 0 Å². The van der Waals surface area contributed by atoms with Crippen LogP contribution in [0.25, 0.3) is 22.3 Å². The van der Waals surface area contributed by atoms with Gasteiger partial charge in [-0.25, -0.2) is 0 Å². The normalized spacial score (nSPS) is 12.3. The Morgan fingerprint density at radius 1 is 0.469 bits per heavy atom. The molecule has 0 amide bonds. The van der Waals surface area contributed by atoms with Crippen molar-refractivity contribution in [3.05, 3.63) is 69.8 Å². The molecule has 3 aromatic carbocycles. The van der Waals surface area contributed by atoms with Crippen molar-refractivity contribution in [1.82, 2.24) is 0 Å². The van der Waals surface area contributed by atoms with E-state index in [9.17, 15) is 0 Å². The van der Waals surface area contributed by atoms with Crippen molar-refractivity contribution in [2.75, 3.05) is 11.5 Å². The summed E-state index contributed by atoms with van der Waals surface area (Å²) >= 11 is 0. The standard InChI is InChI=1S/C30H40N2/c1-17-13-21(29(5,6)7)14-18(2)25(17)27-23(31)11-12-24(32)28(27)26-19(3)15-22(16-20(26)4)30(8,9)10/h11-16H,31-32H2,1-10H3. The monoisotopic (exact) mass is 428 g/mol. The van der Waals surface area contributed by atoms with Crippen LogP contribution in [0.1, 0.15) is 74.9 Å². The highest BCUT2D eigenvalue weighted by atomic mass is 14.6. The molecular weight excluding hydrogens is 388 g/mol. The van der Waals surface area contributed by atoms with Gasteiger partial charge in [-0.2, -0.15) is 0 Å². The van der Waals surface area contributed by atoms with Crippen LogP contribution in [-0.4, -0.2) is 0 Å². The molecule has 0 bridgehead atoms. The molecule has 0 radical (unpaired) electrons. The van der Waals surface area contributed by atoms with Crippen molar-refractivity contribution in [3.63, 3.8) is 0 Å². The lowest BCUT2D eigenvalue weighted by atomic mass is 9.79. The second kappa shape index (κ2) is 7.99. The third-order valence-electron chi connectivity index (χ3n) is 6.57. The van der Waals surface area contributed by atoms with Gasteiger partial charge in [0, 0.05) is 22.5 Å². The molecule has 2 heteroatoms. The largest absolute Gasteiger partial charge is 0.398 e. The van der Waals surface area contributed by atoms with Crippen LogP contribution in [-0.2, 0) is 10.8 Å². The molecule has 0 atom stereocenters. The van der Waals surface area contributed by atoms with E-state index in [1.165, 1.54) is 44.5 Å². The molecule has 0 aliphatic carbocycles. The summed E-state index contributed by atoms with van der Waals surface area (Å²) in [5.41, 5.74) is 27.1. The Balaban J connectivity index is 2.39. The smallest absolute Gasteiger partial charge is 0.0401 e. The van der Waals surface area contributed by atoms with Gasteiger partial charge >= 0.3 is 0 Å². The van der Waals surface area contributed by atoms with E-state index < -0.39 is 0 Å². The highest BCUT2D eigenvalue weighted by molar-refractivity contribution is 6.00. The summed E-state index contributed by atoms with van der Waals surface area (Å²) in [6.45, 7) is 22.3. The Kier molecular flexibility index (Phi) is 5.97. The number of nitrogens with two attached hydrogens (primary N) is 2. The number of nitrogen functional groups attached to an aromatic ring is 2. The number of hydrogen-bond donors (Lipinski definition) is 2. The zero-order valence-electron chi connectivity index (χ0n) is 21.6. The molecule has 0 saturated heterocycles. The van der Waals surface area contributed by atoms with Crippen LogP contribution in [0.3, 0.4) is 0 Å². The van der Waals surface area contributed by atoms with Crippen LogP contribution in [0.15, 0.2) is 36.4 Å². The van der Waals surface area contributed by atoms with Crippen molar-refractivity contribution in [2.45, 2.75) is 80.1 Å². The summed E-state index contributed by atoms with van der Waals surface area (Å²) in [7, 11) is 0. The zero-order valence-corrected chi connectivity index (χ0v) is 21.6. The van der Waals surface area contributed by atoms with Gasteiger partial charge in [0.25, 0.3) is 0 Å². The van der Waals surface area contributed by atoms with E-state index in [2.05, 4.69) is 93.5 Å². The van der Waals surface area contributed by atoms with Crippen LogP contribution < -0.4 is 11.5 Å². The highest BCUT2D eigenvalue weighted by Crippen LogP contribution is 2.46. The first-order chi connectivity index (χ1) is 14.6. The second-order valence-corrected chi connectivity index (χ2v) is 11.5. The Hall–Kier alpha value is -2.74. The highest BCUT2D eigenvalue weighted by Gasteiger charge is 2.24. The number of hydrogen-bond acceptors (Lipinski definition) is 2. The molecule has 0 saturated carbocycles. The minimum absolute atomic E-state index is 0.0914. The van der Waals surface area contributed by atoms with E-state index >= 15 is 0 Å². The molecule has 3 rings (SSSR count). The third-order valence-corrected chi connectivity index (χ3v) is 6.57. The average molecular weight is 429 g/mol. The quantitative estimate of drug-likeness (QED) is 0.406. The Labute approximate surface area is 195 Å². The Morgan fingerprint density at radius 2 is 0.719 bits per heavy atom. The van der Waals surface area contributed by atoms with Gasteiger partial charge in [-0.3, -0.25) is 0 Å². The lowest BCUT2D eigenvalue weighted by molar-refractivity contribution is 0.589. The number of rotatable bonds is 2. The first-order valence-electron chi connectivity index (χ1n) is 11.5. The van der Waals surface area contributed by atoms with E-state index in [-0.39, 0.29) is 10.8 Å². The summed E-state index contributed by atoms with van der Waals surface area (Å²) in [5, 5.41) is 0. The molecule has 4 N–H and O–H groups in total. The average Bonchev–Trinajstić information content (AvgIpc) is 2.63. The number of anilines is 2. The summed E-state index contributed by atoms with van der Waals surface area (Å²) in [4.78, 5) is 0. The van der Waals surface area contributed by atoms with E-state index in [4.69, 9.17) is 11.5 Å². The van der Waals surface area contributed by atoms with Gasteiger partial charge in [0.2, 0.25) is 0 Å². The van der Waals surface area contributed by atoms with Gasteiger partial charge in [0.15, 0.2) is 0 Å². The van der Waals surface area contributed by atoms with Crippen molar-refractivity contribution < 1.29 is 0 Å². The number of aryl methyl sites for hydroxylation is 4. The molecule has 0 aliphatic heterocycles. The van der Waals surface area contributed by atoms with Gasteiger partial charge in [-0.05, 0) is 95.2 Å². The zero-order chi connectivity index (χ0) is 24.2. The molecule has 0 aromatic heterocycles. The maximum Gasteiger partial charge on any atom is 0.0401 e. The Morgan fingerprint density at radius 3 is 0.938 bits per heavy atom. The van der Waals surface area contributed by atoms with Crippen molar-refractivity contribution in [3.8, 4) is 22.3 Å². The maximum atomic E-state index is 6.67. The second-order valence-electron chi connectivity index (χ2n) is 11.5. The molecule has 0 aliphatic rings. The van der Waals surface area contributed by atoms with Crippen LogP contribution in [0.4, 0.5) is 11.4 Å². The molecule has 0 unspecified atom stereocenters. The topological polar surface area (TPSA) is 52.0 Å². The van der Waals surface area contributed by atoms with E-state index in [0.29, 0.717) is 0 Å². The van der Waals surface area contributed by atoms with Gasteiger partial charge < -0.3 is 11.5 Å². The summed E-state index contributed by atoms with van der Waals surface area (Å²) in [6.07, 6.45) is 0. The van der Waals surface area contributed by atoms with Crippen LogP contribution >= 0.6 is 0 Å². The van der Waals surface area contributed by atoms with E-state index in [1.54, 1.807) is 0 Å². The lowest BCUT2D eigenvalue weighted by Gasteiger charge is -2.26. The lowest BCUT2D eigenvalue weighted by Crippen LogP contribution is -2.13. The molecule has 32 heavy (non-hydrogen) atoms. The van der Waals surface area contributed by atoms with Gasteiger partial charge in [-0.15, -0.1) is 0 Å². The summed E-state index contributed by atoms with van der Waals surface area (Å²) in [6, 6.07) is 13.1. The summed E-state index contributed by atoms with van der Waals surface area (Å²) in [5.74, 6) is 0. The predicted octanol–water partition coefficient (Wildman–Crippen LogP) is 8.01. The van der Waals surface area contributed by atoms with Gasteiger partial charge in [0.1, 0.15) is 0 Å². The van der Waals surface area contributed by atoms with Crippen LogP contribution in [0, 0.1) is 27.7 Å². The number of benzene rings is 3. The first-order valence-corrected chi connectivity index (χ1v) is 11.5. The fraction of sp³-hybridized carbons (Fsp3) is 0.400. The molecule has 0 spiro atoms. The van der Waals surface area contributed by atoms with E-state index in [0.717, 1.165) is 22.5 Å². The molecule has 2 nitrogen and oxygen atoms in total. The fourth-order valence-corrected chi connectivity index (χ4v) is 4.76. The summed E-state index contributed by atoms with van der Waals surface area (Å²) < 4.78 is 0.